The molecule has 4 heteroatoms. The highest BCUT2D eigenvalue weighted by atomic mass is 16.7. The van der Waals surface area contributed by atoms with E-state index >= 15 is 0 Å². The summed E-state index contributed by atoms with van der Waals surface area (Å²) < 4.78 is 0. The largest absolute Gasteiger partial charge is 0.509 e. The van der Waals surface area contributed by atoms with Gasteiger partial charge in [-0.2, -0.15) is 0 Å². The minimum Gasteiger partial charge on any atom is -0.509 e. The molecule has 0 aromatic carbocycles. The highest BCUT2D eigenvalue weighted by Crippen LogP contribution is 2.38. The molecule has 1 fully saturated rings. The number of nitrogens with zero attached hydrogens (tertiary/aromatic N) is 1. The molecule has 0 atom stereocenters. The summed E-state index contributed by atoms with van der Waals surface area (Å²) in [6.07, 6.45) is 3.44. The molecule has 0 radical (unpaired) electrons. The number of piperidine rings is 1. The van der Waals surface area contributed by atoms with Crippen LogP contribution in [0.3, 0.4) is 0 Å². The van der Waals surface area contributed by atoms with Crippen LogP contribution >= 0.6 is 0 Å². The van der Waals surface area contributed by atoms with Crippen LogP contribution in [0.15, 0.2) is 12.0 Å². The third-order valence-corrected chi connectivity index (χ3v) is 3.33. The lowest BCUT2D eigenvalue weighted by atomic mass is 9.79. The normalized spacial score (nSPS) is 25.9. The molecule has 1 aliphatic heterocycles. The van der Waals surface area contributed by atoms with Gasteiger partial charge in [0.1, 0.15) is 12.0 Å². The van der Waals surface area contributed by atoms with E-state index in [4.69, 9.17) is 4.84 Å². The van der Waals surface area contributed by atoms with Gasteiger partial charge in [-0.05, 0) is 54.5 Å². The molecule has 0 aromatic heterocycles. The van der Waals surface area contributed by atoms with Crippen molar-refractivity contribution in [2.45, 2.75) is 64.6 Å². The van der Waals surface area contributed by atoms with Crippen LogP contribution in [0.2, 0.25) is 0 Å². The first kappa shape index (κ1) is 14.3. The molecule has 4 nitrogen and oxygen atoms in total. The van der Waals surface area contributed by atoms with Crippen LogP contribution in [0.5, 0.6) is 0 Å². The predicted octanol–water partition coefficient (Wildman–Crippen LogP) is 2.58. The summed E-state index contributed by atoms with van der Waals surface area (Å²) in [7, 11) is 2.01. The first-order valence-electron chi connectivity index (χ1n) is 6.19. The predicted molar refractivity (Wildman–Crippen MR) is 69.5 cm³/mol. The molecule has 0 saturated carbocycles. The number of hydroxylamine groups is 2. The van der Waals surface area contributed by atoms with Gasteiger partial charge in [-0.1, -0.05) is 0 Å². The summed E-state index contributed by atoms with van der Waals surface area (Å²) >= 11 is 0. The fourth-order valence-corrected chi connectivity index (χ4v) is 2.88. The van der Waals surface area contributed by atoms with Crippen LogP contribution in [-0.4, -0.2) is 34.3 Å². The topological polar surface area (TPSA) is 44.7 Å². The van der Waals surface area contributed by atoms with Gasteiger partial charge < -0.3 is 15.3 Å². The third-order valence-electron chi connectivity index (χ3n) is 3.33. The number of aliphatic hydroxyl groups excluding tert-OH is 1. The second kappa shape index (κ2) is 4.86. The highest BCUT2D eigenvalue weighted by Gasteiger charge is 2.46. The number of allylic oxidation sites excluding steroid dienone is 1. The van der Waals surface area contributed by atoms with E-state index in [0.29, 0.717) is 6.04 Å². The number of aliphatic hydroxyl groups is 1. The Bertz CT molecular complexity index is 276. The maximum Gasteiger partial charge on any atom is 0.148 e. The molecular weight excluding hydrogens is 216 g/mol. The van der Waals surface area contributed by atoms with Crippen LogP contribution in [0, 0.1) is 0 Å². The summed E-state index contributed by atoms with van der Waals surface area (Å²) in [6.45, 7) is 10.3. The zero-order valence-electron chi connectivity index (χ0n) is 11.9. The molecule has 17 heavy (non-hydrogen) atoms. The van der Waals surface area contributed by atoms with E-state index in [1.807, 2.05) is 12.1 Å². The van der Waals surface area contributed by atoms with Crippen molar-refractivity contribution in [2.75, 3.05) is 7.05 Å². The minimum atomic E-state index is -0.0681. The second-order valence-corrected chi connectivity index (χ2v) is 6.18. The van der Waals surface area contributed by atoms with Crippen molar-refractivity contribution in [1.82, 2.24) is 10.4 Å². The Kier molecular flexibility index (Phi) is 4.10. The molecule has 0 amide bonds. The van der Waals surface area contributed by atoms with Gasteiger partial charge in [0.15, 0.2) is 0 Å². The zero-order valence-corrected chi connectivity index (χ0v) is 11.9. The number of hydrogen-bond donors (Lipinski definition) is 2. The van der Waals surface area contributed by atoms with Crippen LogP contribution < -0.4 is 5.32 Å². The molecule has 0 aliphatic carbocycles. The first-order chi connectivity index (χ1) is 7.69. The maximum atomic E-state index is 9.22. The van der Waals surface area contributed by atoms with Crippen molar-refractivity contribution in [3.8, 4) is 0 Å². The lowest BCUT2D eigenvalue weighted by Gasteiger charge is -2.52. The first-order valence-corrected chi connectivity index (χ1v) is 6.19. The molecule has 0 aromatic rings. The average Bonchev–Trinajstić information content (AvgIpc) is 2.13. The van der Waals surface area contributed by atoms with Crippen LogP contribution in [0.4, 0.5) is 0 Å². The lowest BCUT2D eigenvalue weighted by molar-refractivity contribution is -0.251. The molecule has 1 rings (SSSR count). The molecule has 0 bridgehead atoms. The SMILES string of the molecule is CNC1CC(C)(C)N(O/C=C(/C)O)C(C)(C)C1. The van der Waals surface area contributed by atoms with Crippen molar-refractivity contribution < 1.29 is 9.94 Å². The minimum absolute atomic E-state index is 0.0681. The third kappa shape index (κ3) is 3.36. The lowest BCUT2D eigenvalue weighted by Crippen LogP contribution is -2.62. The molecule has 0 unspecified atom stereocenters. The van der Waals surface area contributed by atoms with Crippen LogP contribution in [0.1, 0.15) is 47.5 Å². The Labute approximate surface area is 105 Å². The monoisotopic (exact) mass is 242 g/mol. The van der Waals surface area contributed by atoms with Crippen molar-refractivity contribution in [1.29, 1.82) is 0 Å². The van der Waals surface area contributed by atoms with Crippen LogP contribution in [-0.2, 0) is 4.84 Å². The molecule has 1 aliphatic rings. The summed E-state index contributed by atoms with van der Waals surface area (Å²) in [5.41, 5.74) is -0.136. The maximum absolute atomic E-state index is 9.22. The fraction of sp³-hybridized carbons (Fsp3) is 0.846. The smallest absolute Gasteiger partial charge is 0.148 e. The highest BCUT2D eigenvalue weighted by molar-refractivity contribution is 4.99. The van der Waals surface area contributed by atoms with Crippen LogP contribution in [0.25, 0.3) is 0 Å². The summed E-state index contributed by atoms with van der Waals surface area (Å²) in [5, 5.41) is 14.6. The molecular formula is C13H26N2O2. The Balaban J connectivity index is 2.89. The van der Waals surface area contributed by atoms with E-state index in [9.17, 15) is 5.11 Å². The van der Waals surface area contributed by atoms with E-state index in [2.05, 4.69) is 33.0 Å². The van der Waals surface area contributed by atoms with Gasteiger partial charge in [0, 0.05) is 6.04 Å². The van der Waals surface area contributed by atoms with E-state index in [-0.39, 0.29) is 16.8 Å². The molecule has 2 N–H and O–H groups in total. The standard InChI is InChI=1S/C13H26N2O2/c1-10(16)9-17-15-12(2,3)7-11(14-6)8-13(15,4)5/h9,11,14,16H,7-8H2,1-6H3/b10-9-. The van der Waals surface area contributed by atoms with Gasteiger partial charge >= 0.3 is 0 Å². The summed E-state index contributed by atoms with van der Waals surface area (Å²) in [6, 6.07) is 0.499. The average molecular weight is 242 g/mol. The number of hydrogen-bond acceptors (Lipinski definition) is 4. The van der Waals surface area contributed by atoms with E-state index < -0.39 is 0 Å². The van der Waals surface area contributed by atoms with E-state index in [0.717, 1.165) is 12.8 Å². The fourth-order valence-electron chi connectivity index (χ4n) is 2.88. The summed E-state index contributed by atoms with van der Waals surface area (Å²) in [4.78, 5) is 5.66. The van der Waals surface area contributed by atoms with Gasteiger partial charge in [0.25, 0.3) is 0 Å². The van der Waals surface area contributed by atoms with Gasteiger partial charge in [-0.15, -0.1) is 5.06 Å². The van der Waals surface area contributed by atoms with Gasteiger partial charge in [0.2, 0.25) is 0 Å². The van der Waals surface area contributed by atoms with E-state index in [1.54, 1.807) is 6.92 Å². The Hall–Kier alpha value is -0.740. The molecule has 1 saturated heterocycles. The summed E-state index contributed by atoms with van der Waals surface area (Å²) in [5.74, 6) is 0.187. The number of nitrogens with one attached hydrogen (secondary N) is 1. The zero-order chi connectivity index (χ0) is 13.3. The molecule has 0 spiro atoms. The molecule has 1 heterocycles. The van der Waals surface area contributed by atoms with Crippen molar-refractivity contribution >= 4 is 0 Å². The van der Waals surface area contributed by atoms with Crippen molar-refractivity contribution in [2.24, 2.45) is 0 Å². The van der Waals surface area contributed by atoms with Gasteiger partial charge in [-0.25, -0.2) is 0 Å². The Morgan fingerprint density at radius 1 is 1.29 bits per heavy atom. The Morgan fingerprint density at radius 3 is 2.12 bits per heavy atom. The van der Waals surface area contributed by atoms with Gasteiger partial charge in [-0.3, -0.25) is 0 Å². The molecule has 100 valence electrons. The van der Waals surface area contributed by atoms with E-state index in [1.165, 1.54) is 6.26 Å². The Morgan fingerprint density at radius 2 is 1.76 bits per heavy atom. The van der Waals surface area contributed by atoms with Crippen molar-refractivity contribution in [3.63, 3.8) is 0 Å². The quantitative estimate of drug-likeness (QED) is 0.747. The number of rotatable bonds is 3. The second-order valence-electron chi connectivity index (χ2n) is 6.18. The van der Waals surface area contributed by atoms with Gasteiger partial charge in [0.05, 0.1) is 11.1 Å². The van der Waals surface area contributed by atoms with Crippen molar-refractivity contribution in [3.05, 3.63) is 12.0 Å².